The SMILES string of the molecule is CN1CCN(C(=O)CN2C(=O)C3CCCCN3c3ccc(C(=O)N4CCCCC4)cc32)CC1. The van der Waals surface area contributed by atoms with Crippen LogP contribution in [0, 0.1) is 0 Å². The van der Waals surface area contributed by atoms with Crippen LogP contribution < -0.4 is 9.80 Å². The number of benzene rings is 1. The second-order valence-corrected chi connectivity index (χ2v) is 9.87. The molecule has 1 unspecified atom stereocenters. The Morgan fingerprint density at radius 3 is 2.33 bits per heavy atom. The van der Waals surface area contributed by atoms with E-state index in [2.05, 4.69) is 16.8 Å². The molecule has 33 heavy (non-hydrogen) atoms. The number of piperazine rings is 1. The Morgan fingerprint density at radius 2 is 1.58 bits per heavy atom. The average molecular weight is 454 g/mol. The second-order valence-electron chi connectivity index (χ2n) is 9.87. The molecule has 1 atom stereocenters. The summed E-state index contributed by atoms with van der Waals surface area (Å²) in [6.07, 6.45) is 6.13. The number of carbonyl (C=O) groups is 3. The summed E-state index contributed by atoms with van der Waals surface area (Å²) in [6, 6.07) is 5.53. The fraction of sp³-hybridized carbons (Fsp3) is 0.640. The zero-order chi connectivity index (χ0) is 22.9. The Labute approximate surface area is 196 Å². The molecule has 4 aliphatic heterocycles. The minimum absolute atomic E-state index is 0.00718. The molecule has 0 radical (unpaired) electrons. The van der Waals surface area contributed by atoms with Crippen molar-refractivity contribution in [3.63, 3.8) is 0 Å². The largest absolute Gasteiger partial charge is 0.358 e. The van der Waals surface area contributed by atoms with E-state index in [0.29, 0.717) is 24.3 Å². The van der Waals surface area contributed by atoms with Gasteiger partial charge in [-0.05, 0) is 63.8 Å². The lowest BCUT2D eigenvalue weighted by Crippen LogP contribution is -2.58. The van der Waals surface area contributed by atoms with Gasteiger partial charge in [-0.1, -0.05) is 0 Å². The second kappa shape index (κ2) is 9.33. The van der Waals surface area contributed by atoms with Crippen molar-refractivity contribution < 1.29 is 14.4 Å². The number of likely N-dealkylation sites (tertiary alicyclic amines) is 1. The average Bonchev–Trinajstić information content (AvgIpc) is 2.86. The van der Waals surface area contributed by atoms with Crippen molar-refractivity contribution in [2.45, 2.75) is 44.6 Å². The molecule has 0 N–H and O–H groups in total. The highest BCUT2D eigenvalue weighted by molar-refractivity contribution is 6.09. The Morgan fingerprint density at radius 1 is 0.848 bits per heavy atom. The van der Waals surface area contributed by atoms with Gasteiger partial charge in [0, 0.05) is 51.4 Å². The van der Waals surface area contributed by atoms with Gasteiger partial charge in [-0.25, -0.2) is 0 Å². The number of rotatable bonds is 3. The number of fused-ring (bicyclic) bond motifs is 3. The molecule has 0 bridgehead atoms. The number of carbonyl (C=O) groups excluding carboxylic acids is 3. The maximum atomic E-state index is 13.6. The Balaban J connectivity index is 1.44. The van der Waals surface area contributed by atoms with Crippen LogP contribution in [-0.4, -0.2) is 97.9 Å². The van der Waals surface area contributed by atoms with Gasteiger partial charge in [0.05, 0.1) is 11.4 Å². The molecule has 0 saturated carbocycles. The van der Waals surface area contributed by atoms with E-state index >= 15 is 0 Å². The number of nitrogens with zero attached hydrogens (tertiary/aromatic N) is 5. The maximum absolute atomic E-state index is 13.6. The number of amides is 3. The maximum Gasteiger partial charge on any atom is 0.253 e. The molecule has 0 aromatic heterocycles. The van der Waals surface area contributed by atoms with Crippen LogP contribution in [0.4, 0.5) is 11.4 Å². The van der Waals surface area contributed by atoms with Crippen LogP contribution in [0.1, 0.15) is 48.9 Å². The molecule has 4 heterocycles. The minimum Gasteiger partial charge on any atom is -0.358 e. The van der Waals surface area contributed by atoms with E-state index in [4.69, 9.17) is 0 Å². The van der Waals surface area contributed by atoms with E-state index in [0.717, 1.165) is 70.5 Å². The molecular weight excluding hydrogens is 418 g/mol. The predicted molar refractivity (Wildman–Crippen MR) is 128 cm³/mol. The van der Waals surface area contributed by atoms with Gasteiger partial charge in [-0.15, -0.1) is 0 Å². The summed E-state index contributed by atoms with van der Waals surface area (Å²) in [5.41, 5.74) is 2.29. The van der Waals surface area contributed by atoms with Crippen molar-refractivity contribution >= 4 is 29.1 Å². The van der Waals surface area contributed by atoms with Gasteiger partial charge in [0.25, 0.3) is 5.91 Å². The van der Waals surface area contributed by atoms with Gasteiger partial charge in [-0.2, -0.15) is 0 Å². The predicted octanol–water partition coefficient (Wildman–Crippen LogP) is 1.79. The molecule has 1 aromatic carbocycles. The third-order valence-electron chi connectivity index (χ3n) is 7.67. The highest BCUT2D eigenvalue weighted by atomic mass is 16.2. The van der Waals surface area contributed by atoms with Crippen LogP contribution in [0.3, 0.4) is 0 Å². The topological polar surface area (TPSA) is 67.4 Å². The third kappa shape index (κ3) is 4.33. The van der Waals surface area contributed by atoms with Crippen molar-refractivity contribution in [2.24, 2.45) is 0 Å². The van der Waals surface area contributed by atoms with E-state index < -0.39 is 0 Å². The summed E-state index contributed by atoms with van der Waals surface area (Å²) < 4.78 is 0. The van der Waals surface area contributed by atoms with Gasteiger partial charge in [0.15, 0.2) is 0 Å². The lowest BCUT2D eigenvalue weighted by atomic mass is 9.95. The Hall–Kier alpha value is -2.61. The molecule has 178 valence electrons. The summed E-state index contributed by atoms with van der Waals surface area (Å²) in [7, 11) is 2.06. The highest BCUT2D eigenvalue weighted by Crippen LogP contribution is 2.40. The van der Waals surface area contributed by atoms with Gasteiger partial charge in [-0.3, -0.25) is 19.3 Å². The molecule has 3 amide bonds. The lowest BCUT2D eigenvalue weighted by Gasteiger charge is -2.45. The first-order chi connectivity index (χ1) is 16.0. The standard InChI is InChI=1S/C25H35N5O3/c1-26-13-15-27(16-14-26)23(31)18-30-22-17-19(24(32)28-10-4-2-5-11-28)8-9-20(22)29-12-6-3-7-21(29)25(30)33/h8-9,17,21H,2-7,10-16,18H2,1H3. The van der Waals surface area contributed by atoms with Crippen molar-refractivity contribution in [1.82, 2.24) is 14.7 Å². The van der Waals surface area contributed by atoms with Crippen LogP contribution in [-0.2, 0) is 9.59 Å². The van der Waals surface area contributed by atoms with Crippen molar-refractivity contribution in [3.8, 4) is 0 Å². The van der Waals surface area contributed by atoms with Crippen molar-refractivity contribution in [3.05, 3.63) is 23.8 Å². The number of likely N-dealkylation sites (N-methyl/N-ethyl adjacent to an activating group) is 1. The first-order valence-electron chi connectivity index (χ1n) is 12.5. The fourth-order valence-electron chi connectivity index (χ4n) is 5.62. The van der Waals surface area contributed by atoms with Crippen LogP contribution in [0.25, 0.3) is 0 Å². The van der Waals surface area contributed by atoms with E-state index in [-0.39, 0.29) is 30.3 Å². The first kappa shape index (κ1) is 22.2. The zero-order valence-electron chi connectivity index (χ0n) is 19.7. The Kier molecular flexibility index (Phi) is 6.27. The quantitative estimate of drug-likeness (QED) is 0.698. The normalized spacial score (nSPS) is 23.9. The lowest BCUT2D eigenvalue weighted by molar-refractivity contribution is -0.133. The summed E-state index contributed by atoms with van der Waals surface area (Å²) in [5, 5.41) is 0. The zero-order valence-corrected chi connectivity index (χ0v) is 19.7. The van der Waals surface area contributed by atoms with Crippen LogP contribution in [0.15, 0.2) is 18.2 Å². The summed E-state index contributed by atoms with van der Waals surface area (Å²) in [6.45, 7) is 5.52. The molecule has 0 spiro atoms. The third-order valence-corrected chi connectivity index (χ3v) is 7.67. The van der Waals surface area contributed by atoms with Crippen molar-refractivity contribution in [2.75, 3.05) is 69.2 Å². The molecule has 4 aliphatic rings. The van der Waals surface area contributed by atoms with E-state index in [1.54, 1.807) is 4.90 Å². The Bertz CT molecular complexity index is 921. The molecule has 0 aliphatic carbocycles. The number of piperidine rings is 2. The van der Waals surface area contributed by atoms with Gasteiger partial charge in [0.2, 0.25) is 11.8 Å². The molecule has 8 heteroatoms. The first-order valence-corrected chi connectivity index (χ1v) is 12.5. The monoisotopic (exact) mass is 453 g/mol. The van der Waals surface area contributed by atoms with Crippen LogP contribution in [0.5, 0.6) is 0 Å². The minimum atomic E-state index is -0.213. The summed E-state index contributed by atoms with van der Waals surface area (Å²) >= 11 is 0. The van der Waals surface area contributed by atoms with Crippen LogP contribution in [0.2, 0.25) is 0 Å². The number of hydrogen-bond acceptors (Lipinski definition) is 5. The van der Waals surface area contributed by atoms with Gasteiger partial charge in [0.1, 0.15) is 12.6 Å². The number of anilines is 2. The van der Waals surface area contributed by atoms with Crippen molar-refractivity contribution in [1.29, 1.82) is 0 Å². The summed E-state index contributed by atoms with van der Waals surface area (Å²) in [5.74, 6) is 0.00253. The van der Waals surface area contributed by atoms with E-state index in [1.165, 1.54) is 6.42 Å². The van der Waals surface area contributed by atoms with Crippen LogP contribution >= 0.6 is 0 Å². The van der Waals surface area contributed by atoms with E-state index in [1.807, 2.05) is 28.0 Å². The molecule has 5 rings (SSSR count). The molecule has 3 saturated heterocycles. The molecule has 3 fully saturated rings. The van der Waals surface area contributed by atoms with Gasteiger partial charge >= 0.3 is 0 Å². The molecule has 8 nitrogen and oxygen atoms in total. The highest BCUT2D eigenvalue weighted by Gasteiger charge is 2.41. The fourth-order valence-corrected chi connectivity index (χ4v) is 5.62. The molecule has 1 aromatic rings. The smallest absolute Gasteiger partial charge is 0.253 e. The van der Waals surface area contributed by atoms with E-state index in [9.17, 15) is 14.4 Å². The van der Waals surface area contributed by atoms with Gasteiger partial charge < -0.3 is 19.6 Å². The summed E-state index contributed by atoms with van der Waals surface area (Å²) in [4.78, 5) is 49.8. The number of hydrogen-bond donors (Lipinski definition) is 0. The molecular formula is C25H35N5O3.